The Morgan fingerprint density at radius 1 is 1.53 bits per heavy atom. The fourth-order valence-corrected chi connectivity index (χ4v) is 1.60. The molecule has 0 aliphatic rings. The summed E-state index contributed by atoms with van der Waals surface area (Å²) in [6.07, 6.45) is 0. The molecule has 0 amide bonds. The molecule has 8 heteroatoms. The Hall–Kier alpha value is -0.950. The number of rotatable bonds is 4. The second-order valence-electron chi connectivity index (χ2n) is 2.85. The predicted octanol–water partition coefficient (Wildman–Crippen LogP) is 3.42. The summed E-state index contributed by atoms with van der Waals surface area (Å²) in [5.74, 6) is -1.11. The van der Waals surface area contributed by atoms with E-state index in [1.807, 2.05) is 0 Å². The molecule has 0 radical (unpaired) electrons. The lowest BCUT2D eigenvalue weighted by atomic mass is 10.3. The van der Waals surface area contributed by atoms with Gasteiger partial charge in [-0.05, 0) is 22.0 Å². The van der Waals surface area contributed by atoms with Gasteiger partial charge in [-0.1, -0.05) is 0 Å². The maximum absolute atomic E-state index is 13.1. The molecular formula is C9H7BrClF3N2O. The van der Waals surface area contributed by atoms with Crippen LogP contribution in [0.5, 0.6) is 5.75 Å². The third kappa shape index (κ3) is 4.08. The Labute approximate surface area is 109 Å². The van der Waals surface area contributed by atoms with Gasteiger partial charge in [-0.3, -0.25) is 0 Å². The van der Waals surface area contributed by atoms with Crippen molar-refractivity contribution in [2.45, 2.75) is 6.61 Å². The summed E-state index contributed by atoms with van der Waals surface area (Å²) in [6.45, 7) is -3.05. The van der Waals surface area contributed by atoms with Crippen LogP contribution in [0.25, 0.3) is 0 Å². The van der Waals surface area contributed by atoms with Gasteiger partial charge in [0.05, 0.1) is 10.4 Å². The Bertz CT molecular complexity index is 442. The van der Waals surface area contributed by atoms with Gasteiger partial charge in [0.2, 0.25) is 0 Å². The van der Waals surface area contributed by atoms with E-state index in [0.29, 0.717) is 0 Å². The summed E-state index contributed by atoms with van der Waals surface area (Å²) in [5.41, 5.74) is 5.18. The van der Waals surface area contributed by atoms with Crippen LogP contribution in [-0.4, -0.2) is 18.3 Å². The molecule has 1 aromatic carbocycles. The van der Waals surface area contributed by atoms with Crippen LogP contribution in [0.2, 0.25) is 0 Å². The van der Waals surface area contributed by atoms with Crippen LogP contribution in [0.1, 0.15) is 0 Å². The molecule has 2 N–H and O–H groups in total. The first-order valence-corrected chi connectivity index (χ1v) is 5.59. The van der Waals surface area contributed by atoms with Crippen molar-refractivity contribution in [2.24, 2.45) is 10.7 Å². The van der Waals surface area contributed by atoms with Crippen LogP contribution < -0.4 is 10.5 Å². The number of ether oxygens (including phenoxy) is 1. The van der Waals surface area contributed by atoms with Crippen molar-refractivity contribution in [3.63, 3.8) is 0 Å². The van der Waals surface area contributed by atoms with E-state index in [9.17, 15) is 13.2 Å². The molecule has 0 bridgehead atoms. The molecule has 0 spiro atoms. The Morgan fingerprint density at radius 3 is 2.71 bits per heavy atom. The number of benzene rings is 1. The lowest BCUT2D eigenvalue weighted by Crippen LogP contribution is -2.12. The highest BCUT2D eigenvalue weighted by atomic mass is 79.9. The number of alkyl halides is 3. The summed E-state index contributed by atoms with van der Waals surface area (Å²) in [4.78, 5) is 3.69. The number of nitrogens with two attached hydrogens (primary N) is 1. The van der Waals surface area contributed by atoms with Crippen LogP contribution in [0.15, 0.2) is 21.6 Å². The average molecular weight is 332 g/mol. The molecule has 1 aromatic rings. The highest BCUT2D eigenvalue weighted by Gasteiger charge is 2.15. The zero-order chi connectivity index (χ0) is 13.0. The largest absolute Gasteiger partial charge is 0.431 e. The van der Waals surface area contributed by atoms with Crippen molar-refractivity contribution >= 4 is 39.1 Å². The van der Waals surface area contributed by atoms with Crippen molar-refractivity contribution in [2.75, 3.05) is 5.88 Å². The standard InChI is InChI=1S/C9H7BrClF3N2O/c10-5-1-4(12)2-6(16-7(15)3-11)8(5)17-9(13)14/h1-2,9H,3H2,(H2,15,16). The van der Waals surface area contributed by atoms with Gasteiger partial charge >= 0.3 is 6.61 Å². The second kappa shape index (κ2) is 6.11. The number of amidine groups is 1. The van der Waals surface area contributed by atoms with E-state index in [1.54, 1.807) is 0 Å². The predicted molar refractivity (Wildman–Crippen MR) is 62.7 cm³/mol. The third-order valence-corrected chi connectivity index (χ3v) is 2.46. The number of aliphatic imine (C=N–C) groups is 1. The first-order valence-electron chi connectivity index (χ1n) is 4.27. The molecule has 0 aliphatic heterocycles. The maximum Gasteiger partial charge on any atom is 0.387 e. The van der Waals surface area contributed by atoms with Gasteiger partial charge in [-0.15, -0.1) is 11.6 Å². The average Bonchev–Trinajstić information content (AvgIpc) is 2.22. The van der Waals surface area contributed by atoms with Crippen LogP contribution in [-0.2, 0) is 0 Å². The van der Waals surface area contributed by atoms with Gasteiger partial charge in [0.25, 0.3) is 0 Å². The Balaban J connectivity index is 3.25. The molecule has 0 saturated carbocycles. The van der Waals surface area contributed by atoms with Crippen molar-refractivity contribution in [3.8, 4) is 5.75 Å². The molecule has 0 saturated heterocycles. The Morgan fingerprint density at radius 2 is 2.18 bits per heavy atom. The van der Waals surface area contributed by atoms with Crippen molar-refractivity contribution < 1.29 is 17.9 Å². The molecule has 3 nitrogen and oxygen atoms in total. The van der Waals surface area contributed by atoms with Gasteiger partial charge in [0.15, 0.2) is 5.75 Å². The topological polar surface area (TPSA) is 47.6 Å². The monoisotopic (exact) mass is 330 g/mol. The van der Waals surface area contributed by atoms with E-state index in [0.717, 1.165) is 12.1 Å². The first-order chi connectivity index (χ1) is 7.93. The highest BCUT2D eigenvalue weighted by molar-refractivity contribution is 9.10. The zero-order valence-corrected chi connectivity index (χ0v) is 10.6. The highest BCUT2D eigenvalue weighted by Crippen LogP contribution is 2.37. The molecular weight excluding hydrogens is 324 g/mol. The maximum atomic E-state index is 13.1. The molecule has 17 heavy (non-hydrogen) atoms. The van der Waals surface area contributed by atoms with Crippen LogP contribution in [0, 0.1) is 5.82 Å². The van der Waals surface area contributed by atoms with Gasteiger partial charge in [-0.2, -0.15) is 8.78 Å². The quantitative estimate of drug-likeness (QED) is 0.522. The number of nitrogens with zero attached hydrogens (tertiary/aromatic N) is 1. The van der Waals surface area contributed by atoms with Gasteiger partial charge in [0.1, 0.15) is 17.3 Å². The van der Waals surface area contributed by atoms with Crippen molar-refractivity contribution in [1.29, 1.82) is 0 Å². The van der Waals surface area contributed by atoms with E-state index in [2.05, 4.69) is 25.7 Å². The fourth-order valence-electron chi connectivity index (χ4n) is 1.02. The van der Waals surface area contributed by atoms with Crippen molar-refractivity contribution in [1.82, 2.24) is 0 Å². The minimum absolute atomic E-state index is 0.0129. The molecule has 0 aliphatic carbocycles. The first kappa shape index (κ1) is 14.1. The van der Waals surface area contributed by atoms with E-state index in [1.165, 1.54) is 0 Å². The van der Waals surface area contributed by atoms with Gasteiger partial charge in [0, 0.05) is 6.07 Å². The number of halogens is 5. The summed E-state index contributed by atoms with van der Waals surface area (Å²) in [7, 11) is 0. The van der Waals surface area contributed by atoms with Gasteiger partial charge < -0.3 is 10.5 Å². The van der Waals surface area contributed by atoms with Gasteiger partial charge in [-0.25, -0.2) is 9.38 Å². The molecule has 1 rings (SSSR count). The Kier molecular flexibility index (Phi) is 5.07. The molecule has 0 aromatic heterocycles. The molecule has 94 valence electrons. The molecule has 0 fully saturated rings. The smallest absolute Gasteiger partial charge is 0.387 e. The normalized spacial score (nSPS) is 12.0. The second-order valence-corrected chi connectivity index (χ2v) is 3.97. The van der Waals surface area contributed by atoms with Crippen molar-refractivity contribution in [3.05, 3.63) is 22.4 Å². The fraction of sp³-hybridized carbons (Fsp3) is 0.222. The molecule has 0 heterocycles. The lowest BCUT2D eigenvalue weighted by Gasteiger charge is -2.10. The lowest BCUT2D eigenvalue weighted by molar-refractivity contribution is -0.0499. The summed E-state index contributed by atoms with van der Waals surface area (Å²) in [6, 6.07) is 1.90. The third-order valence-electron chi connectivity index (χ3n) is 1.60. The SMILES string of the molecule is NC(CCl)=Nc1cc(F)cc(Br)c1OC(F)F. The zero-order valence-electron chi connectivity index (χ0n) is 8.26. The van der Waals surface area contributed by atoms with E-state index >= 15 is 0 Å². The van der Waals surface area contributed by atoms with E-state index < -0.39 is 12.4 Å². The minimum Gasteiger partial charge on any atom is -0.431 e. The summed E-state index contributed by atoms with van der Waals surface area (Å²) < 4.78 is 41.6. The summed E-state index contributed by atoms with van der Waals surface area (Å²) >= 11 is 8.29. The molecule has 0 unspecified atom stereocenters. The summed E-state index contributed by atoms with van der Waals surface area (Å²) in [5, 5.41) is 0. The van der Waals surface area contributed by atoms with E-state index in [-0.39, 0.29) is 27.6 Å². The minimum atomic E-state index is -3.05. The molecule has 0 atom stereocenters. The number of hydrogen-bond donors (Lipinski definition) is 1. The van der Waals surface area contributed by atoms with Crippen LogP contribution in [0.3, 0.4) is 0 Å². The van der Waals surface area contributed by atoms with Crippen LogP contribution >= 0.6 is 27.5 Å². The van der Waals surface area contributed by atoms with Crippen LogP contribution in [0.4, 0.5) is 18.9 Å². The van der Waals surface area contributed by atoms with E-state index in [4.69, 9.17) is 17.3 Å². The number of hydrogen-bond acceptors (Lipinski definition) is 2.